The molecule has 2 unspecified atom stereocenters. The molecule has 3 rings (SSSR count). The maximum absolute atomic E-state index is 13.9. The molecule has 1 aliphatic rings. The minimum Gasteiger partial charge on any atom is -0.397 e. The number of nitrogen functional groups attached to an aromatic ring is 1. The summed E-state index contributed by atoms with van der Waals surface area (Å²) in [6.45, 7) is 4.90. The van der Waals surface area contributed by atoms with Gasteiger partial charge < -0.3 is 10.6 Å². The zero-order valence-electron chi connectivity index (χ0n) is 11.9. The molecule has 1 aromatic carbocycles. The maximum Gasteiger partial charge on any atom is 0.266 e. The normalized spacial score (nSPS) is 22.7. The number of benzene rings is 1. The van der Waals surface area contributed by atoms with Crippen molar-refractivity contribution < 1.29 is 9.18 Å². The Balaban J connectivity index is 2.02. The van der Waals surface area contributed by atoms with Crippen molar-refractivity contribution in [3.63, 3.8) is 0 Å². The number of carbonyl (C=O) groups is 1. The number of thiophene rings is 1. The van der Waals surface area contributed by atoms with Crippen molar-refractivity contribution in [1.29, 1.82) is 0 Å². The van der Waals surface area contributed by atoms with E-state index in [1.807, 2.05) is 16.7 Å². The third kappa shape index (κ3) is 2.40. The number of halogens is 1. The van der Waals surface area contributed by atoms with E-state index in [1.54, 1.807) is 12.1 Å². The number of nitrogens with two attached hydrogens (primary N) is 1. The van der Waals surface area contributed by atoms with Crippen LogP contribution in [0.4, 0.5) is 10.1 Å². The molecule has 3 nitrogen and oxygen atoms in total. The SMILES string of the molecule is CC1SCCN(C(=O)c2sc3cccc(F)c3c2N)C1C. The van der Waals surface area contributed by atoms with E-state index in [-0.39, 0.29) is 23.5 Å². The zero-order valence-corrected chi connectivity index (χ0v) is 13.6. The highest BCUT2D eigenvalue weighted by Gasteiger charge is 2.31. The number of thioether (sulfide) groups is 1. The lowest BCUT2D eigenvalue weighted by atomic mass is 10.1. The monoisotopic (exact) mass is 324 g/mol. The molecule has 0 saturated carbocycles. The average molecular weight is 324 g/mol. The first-order valence-electron chi connectivity index (χ1n) is 6.89. The summed E-state index contributed by atoms with van der Waals surface area (Å²) >= 11 is 3.15. The van der Waals surface area contributed by atoms with Crippen LogP contribution in [0.25, 0.3) is 10.1 Å². The topological polar surface area (TPSA) is 46.3 Å². The predicted molar refractivity (Wildman–Crippen MR) is 88.6 cm³/mol. The molecule has 0 bridgehead atoms. The first-order valence-corrected chi connectivity index (χ1v) is 8.76. The van der Waals surface area contributed by atoms with Crippen LogP contribution in [-0.2, 0) is 0 Å². The lowest BCUT2D eigenvalue weighted by Crippen LogP contribution is -2.47. The number of hydrogen-bond acceptors (Lipinski definition) is 4. The fourth-order valence-electron chi connectivity index (χ4n) is 2.64. The highest BCUT2D eigenvalue weighted by molar-refractivity contribution is 8.00. The minimum atomic E-state index is -0.365. The predicted octanol–water partition coefficient (Wildman–Crippen LogP) is 3.59. The second-order valence-electron chi connectivity index (χ2n) is 5.27. The van der Waals surface area contributed by atoms with Crippen LogP contribution in [0.3, 0.4) is 0 Å². The number of fused-ring (bicyclic) bond motifs is 1. The molecule has 2 atom stereocenters. The summed E-state index contributed by atoms with van der Waals surface area (Å²) in [5, 5.41) is 0.771. The molecule has 0 spiro atoms. The van der Waals surface area contributed by atoms with Crippen LogP contribution < -0.4 is 5.73 Å². The van der Waals surface area contributed by atoms with E-state index in [0.717, 1.165) is 10.5 Å². The Morgan fingerprint density at radius 3 is 2.90 bits per heavy atom. The van der Waals surface area contributed by atoms with Crippen LogP contribution in [0, 0.1) is 5.82 Å². The molecule has 112 valence electrons. The van der Waals surface area contributed by atoms with Crippen LogP contribution in [0.1, 0.15) is 23.5 Å². The Morgan fingerprint density at radius 1 is 1.43 bits per heavy atom. The van der Waals surface area contributed by atoms with Gasteiger partial charge in [0.1, 0.15) is 10.7 Å². The second kappa shape index (κ2) is 5.50. The van der Waals surface area contributed by atoms with Crippen molar-refractivity contribution in [3.8, 4) is 0 Å². The van der Waals surface area contributed by atoms with E-state index in [4.69, 9.17) is 5.73 Å². The van der Waals surface area contributed by atoms with Crippen molar-refractivity contribution in [2.24, 2.45) is 0 Å². The molecule has 2 N–H and O–H groups in total. The second-order valence-corrected chi connectivity index (χ2v) is 7.81. The van der Waals surface area contributed by atoms with Crippen LogP contribution >= 0.6 is 23.1 Å². The Morgan fingerprint density at radius 2 is 2.19 bits per heavy atom. The molecule has 6 heteroatoms. The first-order chi connectivity index (χ1) is 10.0. The van der Waals surface area contributed by atoms with Gasteiger partial charge >= 0.3 is 0 Å². The number of nitrogens with zero attached hydrogens (tertiary/aromatic N) is 1. The third-order valence-electron chi connectivity index (χ3n) is 4.04. The van der Waals surface area contributed by atoms with Crippen LogP contribution in [0.2, 0.25) is 0 Å². The molecule has 1 aromatic heterocycles. The Bertz CT molecular complexity index is 700. The maximum atomic E-state index is 13.9. The van der Waals surface area contributed by atoms with Gasteiger partial charge in [-0.1, -0.05) is 13.0 Å². The largest absolute Gasteiger partial charge is 0.397 e. The van der Waals surface area contributed by atoms with E-state index in [2.05, 4.69) is 13.8 Å². The van der Waals surface area contributed by atoms with Gasteiger partial charge in [-0.15, -0.1) is 11.3 Å². The van der Waals surface area contributed by atoms with E-state index in [9.17, 15) is 9.18 Å². The lowest BCUT2D eigenvalue weighted by Gasteiger charge is -2.37. The van der Waals surface area contributed by atoms with E-state index < -0.39 is 0 Å². The fourth-order valence-corrected chi connectivity index (χ4v) is 4.83. The van der Waals surface area contributed by atoms with Gasteiger partial charge in [0, 0.05) is 28.3 Å². The van der Waals surface area contributed by atoms with Gasteiger partial charge in [-0.25, -0.2) is 4.39 Å². The van der Waals surface area contributed by atoms with Crippen LogP contribution in [0.15, 0.2) is 18.2 Å². The highest BCUT2D eigenvalue weighted by atomic mass is 32.2. The standard InChI is InChI=1S/C15H17FN2OS2/c1-8-9(2)20-7-6-18(8)15(19)14-13(17)12-10(16)4-3-5-11(12)21-14/h3-5,8-9H,6-7,17H2,1-2H3. The summed E-state index contributed by atoms with van der Waals surface area (Å²) in [4.78, 5) is 15.1. The summed E-state index contributed by atoms with van der Waals surface area (Å²) in [6.07, 6.45) is 0. The molecule has 2 heterocycles. The summed E-state index contributed by atoms with van der Waals surface area (Å²) in [5.74, 6) is 0.486. The Kier molecular flexibility index (Phi) is 3.84. The molecule has 0 aliphatic carbocycles. The molecular formula is C15H17FN2OS2. The van der Waals surface area contributed by atoms with Crippen molar-refractivity contribution in [1.82, 2.24) is 4.90 Å². The van der Waals surface area contributed by atoms with Crippen LogP contribution in [0.5, 0.6) is 0 Å². The van der Waals surface area contributed by atoms with E-state index in [0.29, 0.717) is 22.1 Å². The minimum absolute atomic E-state index is 0.0762. The molecule has 1 saturated heterocycles. The third-order valence-corrected chi connectivity index (χ3v) is 6.54. The quantitative estimate of drug-likeness (QED) is 0.872. The Labute approximate surface area is 131 Å². The summed E-state index contributed by atoms with van der Waals surface area (Å²) < 4.78 is 14.6. The fraction of sp³-hybridized carbons (Fsp3) is 0.400. The van der Waals surface area contributed by atoms with E-state index >= 15 is 0 Å². The van der Waals surface area contributed by atoms with Crippen molar-refractivity contribution in [3.05, 3.63) is 28.9 Å². The van der Waals surface area contributed by atoms with Gasteiger partial charge in [0.2, 0.25) is 0 Å². The molecule has 21 heavy (non-hydrogen) atoms. The molecule has 2 aromatic rings. The highest BCUT2D eigenvalue weighted by Crippen LogP contribution is 2.37. The van der Waals surface area contributed by atoms with Gasteiger partial charge in [-0.2, -0.15) is 11.8 Å². The van der Waals surface area contributed by atoms with Gasteiger partial charge in [0.05, 0.1) is 11.1 Å². The Hall–Kier alpha value is -1.27. The first kappa shape index (κ1) is 14.7. The molecule has 1 aliphatic heterocycles. The van der Waals surface area contributed by atoms with Gasteiger partial charge in [-0.3, -0.25) is 4.79 Å². The van der Waals surface area contributed by atoms with Crippen molar-refractivity contribution >= 4 is 44.8 Å². The number of carbonyl (C=O) groups excluding carboxylic acids is 1. The number of anilines is 1. The molecular weight excluding hydrogens is 307 g/mol. The summed E-state index contributed by atoms with van der Waals surface area (Å²) in [6, 6.07) is 4.98. The molecule has 1 fully saturated rings. The van der Waals surface area contributed by atoms with Crippen molar-refractivity contribution in [2.45, 2.75) is 25.1 Å². The smallest absolute Gasteiger partial charge is 0.266 e. The summed E-state index contributed by atoms with van der Waals surface area (Å²) in [5.41, 5.74) is 6.32. The molecule has 1 amide bonds. The van der Waals surface area contributed by atoms with E-state index in [1.165, 1.54) is 17.4 Å². The van der Waals surface area contributed by atoms with Gasteiger partial charge in [0.25, 0.3) is 5.91 Å². The lowest BCUT2D eigenvalue weighted by molar-refractivity contribution is 0.0704. The zero-order chi connectivity index (χ0) is 15.1. The molecule has 0 radical (unpaired) electrons. The number of amides is 1. The van der Waals surface area contributed by atoms with Crippen LogP contribution in [-0.4, -0.2) is 34.4 Å². The average Bonchev–Trinajstić information content (AvgIpc) is 2.80. The van der Waals surface area contributed by atoms with Gasteiger partial charge in [0.15, 0.2) is 0 Å². The van der Waals surface area contributed by atoms with Gasteiger partial charge in [-0.05, 0) is 19.1 Å². The van der Waals surface area contributed by atoms with Crippen molar-refractivity contribution in [2.75, 3.05) is 18.0 Å². The summed E-state index contributed by atoms with van der Waals surface area (Å²) in [7, 11) is 0. The number of hydrogen-bond donors (Lipinski definition) is 1. The number of rotatable bonds is 1.